The van der Waals surface area contributed by atoms with Gasteiger partial charge in [-0.2, -0.15) is 0 Å². The Morgan fingerprint density at radius 2 is 0.703 bits per heavy atom. The molecule has 64 heavy (non-hydrogen) atoms. The first-order valence-electron chi connectivity index (χ1n) is 27.1. The van der Waals surface area contributed by atoms with Crippen LogP contribution in [0.4, 0.5) is 0 Å². The maximum absolute atomic E-state index is 12.5. The van der Waals surface area contributed by atoms with E-state index in [9.17, 15) is 15.0 Å². The number of rotatable bonds is 48. The van der Waals surface area contributed by atoms with E-state index in [1.54, 1.807) is 6.08 Å². The van der Waals surface area contributed by atoms with E-state index < -0.39 is 12.1 Å². The van der Waals surface area contributed by atoms with Crippen LogP contribution in [0.3, 0.4) is 0 Å². The summed E-state index contributed by atoms with van der Waals surface area (Å²) in [4.78, 5) is 12.5. The average Bonchev–Trinajstić information content (AvgIpc) is 3.30. The second-order valence-corrected chi connectivity index (χ2v) is 17.9. The standard InChI is InChI=1S/C60H103NO3/c1-3-5-7-9-11-13-15-17-19-21-23-24-25-26-27-28-29-30-31-32-33-34-35-36-38-40-42-44-46-48-50-52-54-56-60(64)61-58(57-62)59(63)55-53-51-49-47-45-43-41-39-37-22-20-18-16-14-12-10-8-6-4-2/h5,7,11,13,17,19,23-24,26-27,29-30,37,39,45,47,53,55,58-59,62-63H,3-4,6,8-10,12,14-16,18,20-22,25,28,31-36,38,40-44,46,48-52,54,56-57H2,1-2H3,(H,61,64)/b7-5-,13-11-,19-17-,24-23-,27-26-,30-29-,39-37+,47-45+,55-53+. The topological polar surface area (TPSA) is 69.6 Å². The highest BCUT2D eigenvalue weighted by molar-refractivity contribution is 5.76. The molecule has 0 aliphatic rings. The van der Waals surface area contributed by atoms with Crippen LogP contribution in [0.25, 0.3) is 0 Å². The molecule has 0 fully saturated rings. The zero-order chi connectivity index (χ0) is 46.3. The van der Waals surface area contributed by atoms with Gasteiger partial charge in [-0.1, -0.05) is 252 Å². The maximum Gasteiger partial charge on any atom is 0.220 e. The zero-order valence-electron chi connectivity index (χ0n) is 42.0. The van der Waals surface area contributed by atoms with Crippen LogP contribution in [0.15, 0.2) is 109 Å². The second-order valence-electron chi connectivity index (χ2n) is 17.9. The molecular formula is C60H103NO3. The van der Waals surface area contributed by atoms with Crippen molar-refractivity contribution in [2.75, 3.05) is 6.61 Å². The van der Waals surface area contributed by atoms with E-state index in [4.69, 9.17) is 0 Å². The summed E-state index contributed by atoms with van der Waals surface area (Å²) < 4.78 is 0. The van der Waals surface area contributed by atoms with Gasteiger partial charge in [-0.25, -0.2) is 0 Å². The van der Waals surface area contributed by atoms with Gasteiger partial charge in [-0.05, 0) is 96.3 Å². The van der Waals surface area contributed by atoms with Crippen molar-refractivity contribution in [3.63, 3.8) is 0 Å². The number of carbonyl (C=O) groups excluding carboxylic acids is 1. The van der Waals surface area contributed by atoms with Crippen LogP contribution in [0.1, 0.15) is 245 Å². The molecule has 0 aromatic rings. The predicted molar refractivity (Wildman–Crippen MR) is 285 cm³/mol. The van der Waals surface area contributed by atoms with E-state index in [-0.39, 0.29) is 12.5 Å². The monoisotopic (exact) mass is 886 g/mol. The molecule has 1 amide bonds. The van der Waals surface area contributed by atoms with Crippen molar-refractivity contribution >= 4 is 5.91 Å². The van der Waals surface area contributed by atoms with E-state index in [2.05, 4.69) is 116 Å². The Morgan fingerprint density at radius 3 is 1.09 bits per heavy atom. The molecule has 2 unspecified atom stereocenters. The number of nitrogens with one attached hydrogen (secondary N) is 1. The van der Waals surface area contributed by atoms with Gasteiger partial charge in [-0.15, -0.1) is 0 Å². The van der Waals surface area contributed by atoms with Gasteiger partial charge in [0.2, 0.25) is 5.91 Å². The molecule has 4 nitrogen and oxygen atoms in total. The van der Waals surface area contributed by atoms with Crippen molar-refractivity contribution in [3.05, 3.63) is 109 Å². The summed E-state index contributed by atoms with van der Waals surface area (Å²) in [6, 6.07) is -0.652. The van der Waals surface area contributed by atoms with Gasteiger partial charge in [0.1, 0.15) is 0 Å². The van der Waals surface area contributed by atoms with E-state index in [0.717, 1.165) is 77.0 Å². The molecule has 0 bridgehead atoms. The molecule has 0 saturated heterocycles. The van der Waals surface area contributed by atoms with Gasteiger partial charge in [0.15, 0.2) is 0 Å². The Morgan fingerprint density at radius 1 is 0.391 bits per heavy atom. The predicted octanol–water partition coefficient (Wildman–Crippen LogP) is 17.9. The molecule has 0 heterocycles. The number of aliphatic hydroxyl groups is 2. The summed E-state index contributed by atoms with van der Waals surface area (Å²) in [5.74, 6) is -0.0819. The second kappa shape index (κ2) is 54.4. The summed E-state index contributed by atoms with van der Waals surface area (Å²) >= 11 is 0. The number of unbranched alkanes of at least 4 members (excludes halogenated alkanes) is 25. The van der Waals surface area contributed by atoms with Gasteiger partial charge in [-0.3, -0.25) is 4.79 Å². The quantitative estimate of drug-likeness (QED) is 0.0421. The fourth-order valence-corrected chi connectivity index (χ4v) is 7.63. The first kappa shape index (κ1) is 61.1. The minimum absolute atomic E-state index is 0.0819. The van der Waals surface area contributed by atoms with Crippen molar-refractivity contribution in [2.45, 2.75) is 257 Å². The average molecular weight is 886 g/mol. The largest absolute Gasteiger partial charge is 0.394 e. The van der Waals surface area contributed by atoms with Gasteiger partial charge in [0.25, 0.3) is 0 Å². The number of allylic oxidation sites excluding steroid dienone is 17. The summed E-state index contributed by atoms with van der Waals surface area (Å²) in [5.41, 5.74) is 0. The lowest BCUT2D eigenvalue weighted by Gasteiger charge is -2.19. The Labute approximate surface area is 397 Å². The van der Waals surface area contributed by atoms with Crippen LogP contribution < -0.4 is 5.32 Å². The molecule has 0 saturated carbocycles. The lowest BCUT2D eigenvalue weighted by Crippen LogP contribution is -2.45. The summed E-state index contributed by atoms with van der Waals surface area (Å²) in [6.45, 7) is 4.18. The van der Waals surface area contributed by atoms with Crippen LogP contribution in [0, 0.1) is 0 Å². The molecule has 366 valence electrons. The highest BCUT2D eigenvalue weighted by atomic mass is 16.3. The third-order valence-electron chi connectivity index (χ3n) is 11.7. The fourth-order valence-electron chi connectivity index (χ4n) is 7.63. The van der Waals surface area contributed by atoms with Gasteiger partial charge >= 0.3 is 0 Å². The first-order valence-corrected chi connectivity index (χ1v) is 27.1. The molecule has 0 aromatic carbocycles. The van der Waals surface area contributed by atoms with Crippen molar-refractivity contribution in [2.24, 2.45) is 0 Å². The molecule has 0 spiro atoms. The van der Waals surface area contributed by atoms with E-state index >= 15 is 0 Å². The van der Waals surface area contributed by atoms with Crippen LogP contribution in [0.5, 0.6) is 0 Å². The number of hydrogen-bond acceptors (Lipinski definition) is 3. The molecule has 0 radical (unpaired) electrons. The first-order chi connectivity index (χ1) is 31.7. The number of carbonyl (C=O) groups is 1. The Hall–Kier alpha value is -2.95. The maximum atomic E-state index is 12.5. The zero-order valence-corrected chi connectivity index (χ0v) is 42.0. The smallest absolute Gasteiger partial charge is 0.220 e. The number of hydrogen-bond donors (Lipinski definition) is 3. The van der Waals surface area contributed by atoms with Crippen molar-refractivity contribution < 1.29 is 15.0 Å². The fraction of sp³-hybridized carbons (Fsp3) is 0.683. The molecule has 0 aliphatic heterocycles. The summed E-state index contributed by atoms with van der Waals surface area (Å²) in [6.07, 6.45) is 82.3. The highest BCUT2D eigenvalue weighted by Gasteiger charge is 2.17. The van der Waals surface area contributed by atoms with Gasteiger partial charge in [0, 0.05) is 6.42 Å². The van der Waals surface area contributed by atoms with Gasteiger partial charge < -0.3 is 15.5 Å². The molecule has 3 N–H and O–H groups in total. The van der Waals surface area contributed by atoms with E-state index in [1.165, 1.54) is 148 Å². The Balaban J connectivity index is 3.59. The van der Waals surface area contributed by atoms with E-state index in [1.807, 2.05) is 6.08 Å². The minimum atomic E-state index is -0.876. The molecular weight excluding hydrogens is 783 g/mol. The number of aliphatic hydroxyl groups excluding tert-OH is 2. The van der Waals surface area contributed by atoms with Crippen LogP contribution in [-0.4, -0.2) is 34.9 Å². The van der Waals surface area contributed by atoms with Crippen LogP contribution in [-0.2, 0) is 4.79 Å². The Bertz CT molecular complexity index is 1230. The van der Waals surface area contributed by atoms with Crippen molar-refractivity contribution in [1.82, 2.24) is 5.32 Å². The van der Waals surface area contributed by atoms with Crippen molar-refractivity contribution in [3.8, 4) is 0 Å². The molecule has 2 atom stereocenters. The normalized spacial score (nSPS) is 13.8. The SMILES string of the molecule is CC/C=C\C/C=C\C/C=C\C/C=C\C/C=C\C/C=C\CCCCCCCCCCCCCCCCC(=O)NC(CO)C(O)/C=C/CC/C=C/CC/C=C/CCCCCCCCCCC. The third-order valence-corrected chi connectivity index (χ3v) is 11.7. The van der Waals surface area contributed by atoms with Crippen LogP contribution in [0.2, 0.25) is 0 Å². The minimum Gasteiger partial charge on any atom is -0.394 e. The summed E-state index contributed by atoms with van der Waals surface area (Å²) in [5, 5.41) is 23.1. The molecule has 0 aliphatic carbocycles. The summed E-state index contributed by atoms with van der Waals surface area (Å²) in [7, 11) is 0. The van der Waals surface area contributed by atoms with Crippen molar-refractivity contribution in [1.29, 1.82) is 0 Å². The molecule has 0 rings (SSSR count). The van der Waals surface area contributed by atoms with Crippen LogP contribution >= 0.6 is 0 Å². The lowest BCUT2D eigenvalue weighted by atomic mass is 10.0. The molecule has 4 heteroatoms. The Kier molecular flexibility index (Phi) is 51.9. The van der Waals surface area contributed by atoms with Gasteiger partial charge in [0.05, 0.1) is 18.8 Å². The highest BCUT2D eigenvalue weighted by Crippen LogP contribution is 2.15. The molecule has 0 aromatic heterocycles. The third kappa shape index (κ3) is 50.1. The number of amides is 1. The van der Waals surface area contributed by atoms with E-state index in [0.29, 0.717) is 6.42 Å². The lowest BCUT2D eigenvalue weighted by molar-refractivity contribution is -0.123.